The fourth-order valence-corrected chi connectivity index (χ4v) is 2.84. The van der Waals surface area contributed by atoms with Gasteiger partial charge >= 0.3 is 5.97 Å². The number of aryl methyl sites for hydroxylation is 1. The van der Waals surface area contributed by atoms with E-state index >= 15 is 0 Å². The first-order chi connectivity index (χ1) is 8.88. The Kier molecular flexibility index (Phi) is 5.10. The summed E-state index contributed by atoms with van der Waals surface area (Å²) < 4.78 is 26.5. The Bertz CT molecular complexity index is 614. The quantitative estimate of drug-likeness (QED) is 0.609. The number of terminal acetylenes is 1. The lowest BCUT2D eigenvalue weighted by atomic mass is 10.1. The summed E-state index contributed by atoms with van der Waals surface area (Å²) in [5.74, 6) is 1.25. The molecule has 0 saturated heterocycles. The summed E-state index contributed by atoms with van der Waals surface area (Å²) in [4.78, 5) is 10.8. The van der Waals surface area contributed by atoms with Crippen molar-refractivity contribution < 1.29 is 18.3 Å². The Morgan fingerprint density at radius 2 is 2.16 bits per heavy atom. The smallest absolute Gasteiger partial charge is 0.335 e. The minimum Gasteiger partial charge on any atom is -0.478 e. The number of carboxylic acids is 1. The summed E-state index contributed by atoms with van der Waals surface area (Å²) in [6.45, 7) is 1.84. The van der Waals surface area contributed by atoms with Crippen molar-refractivity contribution in [1.29, 1.82) is 0 Å². The number of unbranched alkanes of at least 4 members (excludes halogenated alkanes) is 1. The highest BCUT2D eigenvalue weighted by atomic mass is 32.2. The molecule has 0 radical (unpaired) electrons. The van der Waals surface area contributed by atoms with Gasteiger partial charge in [-0.05, 0) is 31.0 Å². The van der Waals surface area contributed by atoms with Crippen LogP contribution in [0.2, 0.25) is 0 Å². The predicted molar refractivity (Wildman–Crippen MR) is 71.4 cm³/mol. The van der Waals surface area contributed by atoms with E-state index in [-0.39, 0.29) is 17.0 Å². The molecule has 0 unspecified atom stereocenters. The van der Waals surface area contributed by atoms with Gasteiger partial charge in [-0.1, -0.05) is 6.07 Å². The SMILES string of the molecule is C#CCCCNS(=O)(=O)c1cc(C(=O)O)ccc1C. The first-order valence-corrected chi connectivity index (χ1v) is 7.14. The largest absolute Gasteiger partial charge is 0.478 e. The van der Waals surface area contributed by atoms with Crippen LogP contribution in [-0.2, 0) is 10.0 Å². The van der Waals surface area contributed by atoms with Crippen molar-refractivity contribution in [3.05, 3.63) is 29.3 Å². The normalized spacial score (nSPS) is 10.9. The van der Waals surface area contributed by atoms with E-state index in [9.17, 15) is 13.2 Å². The predicted octanol–water partition coefficient (Wildman–Crippen LogP) is 1.38. The topological polar surface area (TPSA) is 83.5 Å². The zero-order chi connectivity index (χ0) is 14.5. The van der Waals surface area contributed by atoms with Gasteiger partial charge in [-0.3, -0.25) is 0 Å². The Balaban J connectivity index is 2.97. The van der Waals surface area contributed by atoms with Crippen molar-refractivity contribution >= 4 is 16.0 Å². The van der Waals surface area contributed by atoms with Crippen LogP contribution in [0.15, 0.2) is 23.1 Å². The molecule has 19 heavy (non-hydrogen) atoms. The molecular formula is C13H15NO4S. The summed E-state index contributed by atoms with van der Waals surface area (Å²) in [6.07, 6.45) is 6.09. The van der Waals surface area contributed by atoms with Crippen molar-refractivity contribution in [2.45, 2.75) is 24.7 Å². The number of benzene rings is 1. The molecule has 0 heterocycles. The lowest BCUT2D eigenvalue weighted by Crippen LogP contribution is -2.25. The molecule has 5 nitrogen and oxygen atoms in total. The van der Waals surface area contributed by atoms with Crippen LogP contribution in [0.4, 0.5) is 0 Å². The third kappa shape index (κ3) is 4.09. The summed E-state index contributed by atoms with van der Waals surface area (Å²) >= 11 is 0. The fraction of sp³-hybridized carbons (Fsp3) is 0.308. The summed E-state index contributed by atoms with van der Waals surface area (Å²) in [5, 5.41) is 8.87. The maximum absolute atomic E-state index is 12.0. The maximum Gasteiger partial charge on any atom is 0.335 e. The van der Waals surface area contributed by atoms with E-state index in [0.717, 1.165) is 6.07 Å². The minimum absolute atomic E-state index is 0.0203. The van der Waals surface area contributed by atoms with Crippen LogP contribution in [0.3, 0.4) is 0 Å². The highest BCUT2D eigenvalue weighted by Crippen LogP contribution is 2.17. The van der Waals surface area contributed by atoms with Crippen LogP contribution in [0.5, 0.6) is 0 Å². The summed E-state index contributed by atoms with van der Waals surface area (Å²) in [7, 11) is -3.71. The molecule has 0 aliphatic heterocycles. The zero-order valence-electron chi connectivity index (χ0n) is 10.5. The molecule has 2 N–H and O–H groups in total. The lowest BCUT2D eigenvalue weighted by molar-refractivity contribution is 0.0696. The van der Waals surface area contributed by atoms with Crippen molar-refractivity contribution in [3.8, 4) is 12.3 Å². The third-order valence-corrected chi connectivity index (χ3v) is 4.12. The summed E-state index contributed by atoms with van der Waals surface area (Å²) in [5.41, 5.74) is 0.434. The zero-order valence-corrected chi connectivity index (χ0v) is 11.3. The van der Waals surface area contributed by atoms with Gasteiger partial charge in [0.2, 0.25) is 10.0 Å². The maximum atomic E-state index is 12.0. The summed E-state index contributed by atoms with van der Waals surface area (Å²) in [6, 6.07) is 4.00. The number of hydrogen-bond donors (Lipinski definition) is 2. The number of nitrogens with one attached hydrogen (secondary N) is 1. The highest BCUT2D eigenvalue weighted by Gasteiger charge is 2.18. The monoisotopic (exact) mass is 281 g/mol. The van der Waals surface area contributed by atoms with Gasteiger partial charge in [-0.25, -0.2) is 17.9 Å². The molecule has 0 bridgehead atoms. The molecular weight excluding hydrogens is 266 g/mol. The van der Waals surface area contributed by atoms with Crippen LogP contribution in [0, 0.1) is 19.3 Å². The molecule has 0 fully saturated rings. The van der Waals surface area contributed by atoms with Gasteiger partial charge in [-0.2, -0.15) is 0 Å². The minimum atomic E-state index is -3.71. The molecule has 1 aromatic rings. The average Bonchev–Trinajstić information content (AvgIpc) is 2.34. The molecule has 0 spiro atoms. The molecule has 1 rings (SSSR count). The molecule has 0 aliphatic carbocycles. The van der Waals surface area contributed by atoms with Gasteiger partial charge in [0.15, 0.2) is 0 Å². The van der Waals surface area contributed by atoms with Crippen molar-refractivity contribution in [1.82, 2.24) is 4.72 Å². The highest BCUT2D eigenvalue weighted by molar-refractivity contribution is 7.89. The number of rotatable bonds is 6. The Morgan fingerprint density at radius 3 is 2.74 bits per heavy atom. The van der Waals surface area contributed by atoms with E-state index in [2.05, 4.69) is 10.6 Å². The second-order valence-corrected chi connectivity index (χ2v) is 5.73. The van der Waals surface area contributed by atoms with Crippen molar-refractivity contribution in [2.75, 3.05) is 6.54 Å². The molecule has 0 amide bonds. The van der Waals surface area contributed by atoms with Gasteiger partial charge in [-0.15, -0.1) is 12.3 Å². The molecule has 0 aromatic heterocycles. The van der Waals surface area contributed by atoms with Crippen molar-refractivity contribution in [2.24, 2.45) is 0 Å². The Labute approximate surface area is 112 Å². The number of hydrogen-bond acceptors (Lipinski definition) is 3. The number of carboxylic acid groups (broad SMARTS) is 1. The van der Waals surface area contributed by atoms with Gasteiger partial charge in [0, 0.05) is 13.0 Å². The number of carbonyl (C=O) groups is 1. The van der Waals surface area contributed by atoms with Gasteiger partial charge in [0.05, 0.1) is 10.5 Å². The van der Waals surface area contributed by atoms with Crippen molar-refractivity contribution in [3.63, 3.8) is 0 Å². The van der Waals surface area contributed by atoms with Gasteiger partial charge in [0.25, 0.3) is 0 Å². The number of sulfonamides is 1. The van der Waals surface area contributed by atoms with Gasteiger partial charge in [0.1, 0.15) is 0 Å². The molecule has 1 aromatic carbocycles. The van der Waals surface area contributed by atoms with Crippen LogP contribution in [0.1, 0.15) is 28.8 Å². The molecule has 0 aliphatic rings. The first kappa shape index (κ1) is 15.2. The second kappa shape index (κ2) is 6.36. The third-order valence-electron chi connectivity index (χ3n) is 2.51. The van der Waals surface area contributed by atoms with E-state index in [4.69, 9.17) is 11.5 Å². The molecule has 0 atom stereocenters. The lowest BCUT2D eigenvalue weighted by Gasteiger charge is -2.09. The van der Waals surface area contributed by atoms with Crippen LogP contribution in [-0.4, -0.2) is 26.0 Å². The average molecular weight is 281 g/mol. The van der Waals surface area contributed by atoms with Crippen LogP contribution in [0.25, 0.3) is 0 Å². The van der Waals surface area contributed by atoms with Gasteiger partial charge < -0.3 is 5.11 Å². The van der Waals surface area contributed by atoms with E-state index in [1.807, 2.05) is 0 Å². The van der Waals surface area contributed by atoms with E-state index in [0.29, 0.717) is 18.4 Å². The Hall–Kier alpha value is -1.84. The van der Waals surface area contributed by atoms with E-state index < -0.39 is 16.0 Å². The Morgan fingerprint density at radius 1 is 1.47 bits per heavy atom. The van der Waals surface area contributed by atoms with Crippen LogP contribution >= 0.6 is 0 Å². The fourth-order valence-electron chi connectivity index (χ4n) is 1.50. The molecule has 0 saturated carbocycles. The van der Waals surface area contributed by atoms with E-state index in [1.54, 1.807) is 6.92 Å². The second-order valence-electron chi connectivity index (χ2n) is 3.99. The standard InChI is InChI=1S/C13H15NO4S/c1-3-4-5-8-14-19(17,18)12-9-11(13(15)16)7-6-10(12)2/h1,6-7,9,14H,4-5,8H2,2H3,(H,15,16). The molecule has 102 valence electrons. The molecule has 6 heteroatoms. The van der Waals surface area contributed by atoms with Crippen LogP contribution < -0.4 is 4.72 Å². The first-order valence-electron chi connectivity index (χ1n) is 5.65. The number of aromatic carboxylic acids is 1. The van der Waals surface area contributed by atoms with E-state index in [1.165, 1.54) is 12.1 Å².